The van der Waals surface area contributed by atoms with Gasteiger partial charge in [0.25, 0.3) is 0 Å². The van der Waals surface area contributed by atoms with Crippen LogP contribution in [0, 0.1) is 0 Å². The van der Waals surface area contributed by atoms with Crippen molar-refractivity contribution in [2.24, 2.45) is 0 Å². The summed E-state index contributed by atoms with van der Waals surface area (Å²) in [6.07, 6.45) is 1.57. The van der Waals surface area contributed by atoms with Gasteiger partial charge in [-0.1, -0.05) is 23.2 Å². The third kappa shape index (κ3) is 3.19. The summed E-state index contributed by atoms with van der Waals surface area (Å²) >= 11 is 11.9. The molecule has 2 rings (SSSR count). The number of nitrogens with zero attached hydrogens (tertiary/aromatic N) is 1. The summed E-state index contributed by atoms with van der Waals surface area (Å²) in [5.41, 5.74) is 0.456. The molecule has 0 bridgehead atoms. The molecule has 100 valence electrons. The van der Waals surface area contributed by atoms with Gasteiger partial charge in [-0.3, -0.25) is 0 Å². The van der Waals surface area contributed by atoms with Crippen molar-refractivity contribution >= 4 is 34.9 Å². The molecule has 7 heteroatoms. The summed E-state index contributed by atoms with van der Waals surface area (Å²) in [5, 5.41) is 3.32. The van der Waals surface area contributed by atoms with Crippen LogP contribution in [0.1, 0.15) is 16.2 Å². The van der Waals surface area contributed by atoms with E-state index in [1.54, 1.807) is 12.3 Å². The first kappa shape index (κ1) is 13.7. The number of carbonyl (C=O) groups is 1. The van der Waals surface area contributed by atoms with E-state index in [4.69, 9.17) is 27.6 Å². The highest BCUT2D eigenvalue weighted by Crippen LogP contribution is 2.28. The number of methoxy groups -OCH3 is 1. The number of carbonyl (C=O) groups excluding carboxylic acids is 1. The summed E-state index contributed by atoms with van der Waals surface area (Å²) in [7, 11) is 1.25. The molecule has 0 aliphatic rings. The molecule has 0 saturated heterocycles. The van der Waals surface area contributed by atoms with Crippen LogP contribution in [-0.2, 0) is 11.3 Å². The van der Waals surface area contributed by atoms with Gasteiger partial charge in [-0.2, -0.15) is 0 Å². The second-order valence-electron chi connectivity index (χ2n) is 3.58. The fourth-order valence-electron chi connectivity index (χ4n) is 1.45. The molecular formula is C12H10Cl2N2O3. The predicted octanol–water partition coefficient (Wildman–Crippen LogP) is 3.38. The van der Waals surface area contributed by atoms with E-state index in [0.717, 1.165) is 5.76 Å². The Kier molecular flexibility index (Phi) is 4.29. The second-order valence-corrected chi connectivity index (χ2v) is 4.34. The zero-order valence-corrected chi connectivity index (χ0v) is 11.5. The Hall–Kier alpha value is -1.72. The zero-order chi connectivity index (χ0) is 13.8. The molecule has 0 radical (unpaired) electrons. The lowest BCUT2D eigenvalue weighted by Crippen LogP contribution is -2.08. The topological polar surface area (TPSA) is 64.4 Å². The Balaban J connectivity index is 2.24. The number of anilines is 1. The number of furan rings is 1. The van der Waals surface area contributed by atoms with Crippen LogP contribution in [0.4, 0.5) is 5.69 Å². The minimum Gasteiger partial charge on any atom is -0.467 e. The average molecular weight is 301 g/mol. The van der Waals surface area contributed by atoms with Gasteiger partial charge in [0.15, 0.2) is 5.69 Å². The van der Waals surface area contributed by atoms with E-state index in [0.29, 0.717) is 12.2 Å². The first-order chi connectivity index (χ1) is 9.11. The first-order valence-corrected chi connectivity index (χ1v) is 6.08. The quantitative estimate of drug-likeness (QED) is 0.693. The predicted molar refractivity (Wildman–Crippen MR) is 71.6 cm³/mol. The largest absolute Gasteiger partial charge is 0.467 e. The van der Waals surface area contributed by atoms with Gasteiger partial charge in [0.05, 0.1) is 30.6 Å². The van der Waals surface area contributed by atoms with Crippen LogP contribution < -0.4 is 5.32 Å². The Morgan fingerprint density at radius 1 is 1.53 bits per heavy atom. The molecule has 0 fully saturated rings. The highest BCUT2D eigenvalue weighted by molar-refractivity contribution is 6.37. The van der Waals surface area contributed by atoms with Crippen molar-refractivity contribution in [2.45, 2.75) is 6.54 Å². The second kappa shape index (κ2) is 5.95. The summed E-state index contributed by atoms with van der Waals surface area (Å²) in [6, 6.07) is 5.11. The lowest BCUT2D eigenvalue weighted by molar-refractivity contribution is 0.0594. The van der Waals surface area contributed by atoms with Crippen LogP contribution in [-0.4, -0.2) is 18.1 Å². The van der Waals surface area contributed by atoms with Crippen LogP contribution in [0.3, 0.4) is 0 Å². The summed E-state index contributed by atoms with van der Waals surface area (Å²) < 4.78 is 9.77. The van der Waals surface area contributed by atoms with E-state index in [-0.39, 0.29) is 15.9 Å². The van der Waals surface area contributed by atoms with Gasteiger partial charge in [0.2, 0.25) is 0 Å². The van der Waals surface area contributed by atoms with E-state index in [2.05, 4.69) is 15.0 Å². The Labute approximate surface area is 119 Å². The molecule has 2 aromatic heterocycles. The monoisotopic (exact) mass is 300 g/mol. The van der Waals surface area contributed by atoms with Crippen molar-refractivity contribution in [2.75, 3.05) is 12.4 Å². The molecule has 0 aliphatic carbocycles. The van der Waals surface area contributed by atoms with Crippen molar-refractivity contribution in [3.8, 4) is 0 Å². The normalized spacial score (nSPS) is 10.3. The van der Waals surface area contributed by atoms with E-state index in [1.807, 2.05) is 6.07 Å². The molecule has 19 heavy (non-hydrogen) atoms. The SMILES string of the molecule is COC(=O)c1nc(Cl)cc(NCc2ccco2)c1Cl. The average Bonchev–Trinajstić information content (AvgIpc) is 2.91. The van der Waals surface area contributed by atoms with Crippen LogP contribution in [0.5, 0.6) is 0 Å². The molecule has 0 aliphatic heterocycles. The van der Waals surface area contributed by atoms with Crippen LogP contribution in [0.15, 0.2) is 28.9 Å². The molecule has 1 N–H and O–H groups in total. The number of ether oxygens (including phenoxy) is 1. The van der Waals surface area contributed by atoms with Crippen LogP contribution in [0.25, 0.3) is 0 Å². The first-order valence-electron chi connectivity index (χ1n) is 5.32. The third-order valence-electron chi connectivity index (χ3n) is 2.34. The maximum absolute atomic E-state index is 11.5. The van der Waals surface area contributed by atoms with E-state index in [1.165, 1.54) is 13.2 Å². The molecule has 5 nitrogen and oxygen atoms in total. The van der Waals surface area contributed by atoms with Gasteiger partial charge in [-0.25, -0.2) is 9.78 Å². The molecule has 0 saturated carbocycles. The van der Waals surface area contributed by atoms with Crippen molar-refractivity contribution in [3.63, 3.8) is 0 Å². The number of pyridine rings is 1. The molecule has 2 heterocycles. The van der Waals surface area contributed by atoms with Gasteiger partial charge in [0.1, 0.15) is 10.9 Å². The van der Waals surface area contributed by atoms with Crippen molar-refractivity contribution in [1.82, 2.24) is 4.98 Å². The number of hydrogen-bond donors (Lipinski definition) is 1. The van der Waals surface area contributed by atoms with Crippen molar-refractivity contribution < 1.29 is 13.9 Å². The van der Waals surface area contributed by atoms with Crippen LogP contribution in [0.2, 0.25) is 10.2 Å². The minimum atomic E-state index is -0.645. The molecule has 0 atom stereocenters. The number of hydrogen-bond acceptors (Lipinski definition) is 5. The van der Waals surface area contributed by atoms with E-state index in [9.17, 15) is 4.79 Å². The maximum atomic E-state index is 11.5. The number of esters is 1. The highest BCUT2D eigenvalue weighted by atomic mass is 35.5. The third-order valence-corrected chi connectivity index (χ3v) is 2.91. The maximum Gasteiger partial charge on any atom is 0.358 e. The smallest absolute Gasteiger partial charge is 0.358 e. The number of rotatable bonds is 4. The Morgan fingerprint density at radius 3 is 2.95 bits per heavy atom. The van der Waals surface area contributed by atoms with Gasteiger partial charge in [-0.05, 0) is 12.1 Å². The number of halogens is 2. The fourth-order valence-corrected chi connectivity index (χ4v) is 1.89. The van der Waals surface area contributed by atoms with Crippen molar-refractivity contribution in [3.05, 3.63) is 46.1 Å². The molecule has 0 aromatic carbocycles. The van der Waals surface area contributed by atoms with Crippen molar-refractivity contribution in [1.29, 1.82) is 0 Å². The van der Waals surface area contributed by atoms with Crippen LogP contribution >= 0.6 is 23.2 Å². The highest BCUT2D eigenvalue weighted by Gasteiger charge is 2.17. The Morgan fingerprint density at radius 2 is 2.32 bits per heavy atom. The summed E-state index contributed by atoms with van der Waals surface area (Å²) in [5.74, 6) is 0.0807. The lowest BCUT2D eigenvalue weighted by Gasteiger charge is -2.10. The fraction of sp³-hybridized carbons (Fsp3) is 0.167. The molecule has 0 amide bonds. The van der Waals surface area contributed by atoms with Gasteiger partial charge in [0, 0.05) is 6.07 Å². The molecule has 2 aromatic rings. The van der Waals surface area contributed by atoms with Gasteiger partial charge >= 0.3 is 5.97 Å². The zero-order valence-electron chi connectivity index (χ0n) is 9.94. The number of aromatic nitrogens is 1. The summed E-state index contributed by atoms with van der Waals surface area (Å²) in [6.45, 7) is 0.410. The molecular weight excluding hydrogens is 291 g/mol. The van der Waals surface area contributed by atoms with E-state index < -0.39 is 5.97 Å². The van der Waals surface area contributed by atoms with Gasteiger partial charge in [-0.15, -0.1) is 0 Å². The molecule has 0 unspecified atom stereocenters. The summed E-state index contributed by atoms with van der Waals surface area (Å²) in [4.78, 5) is 15.3. The molecule has 0 spiro atoms. The number of nitrogens with one attached hydrogen (secondary N) is 1. The lowest BCUT2D eigenvalue weighted by atomic mass is 10.3. The minimum absolute atomic E-state index is 0.0291. The van der Waals surface area contributed by atoms with E-state index >= 15 is 0 Å². The standard InChI is InChI=1S/C12H10Cl2N2O3/c1-18-12(17)11-10(14)8(5-9(13)16-11)15-6-7-3-2-4-19-7/h2-5H,6H2,1H3,(H,15,16). The Bertz CT molecular complexity index is 585. The van der Waals surface area contributed by atoms with Gasteiger partial charge < -0.3 is 14.5 Å².